The van der Waals surface area contributed by atoms with Crippen LogP contribution in [0, 0.1) is 13.8 Å². The molecule has 1 aromatic carbocycles. The van der Waals surface area contributed by atoms with E-state index in [1.54, 1.807) is 7.05 Å². The fourth-order valence-electron chi connectivity index (χ4n) is 3.40. The minimum atomic E-state index is -0.175. The van der Waals surface area contributed by atoms with E-state index in [1.165, 1.54) is 20.0 Å². The van der Waals surface area contributed by atoms with Crippen LogP contribution in [0.1, 0.15) is 41.6 Å². The highest BCUT2D eigenvalue weighted by Gasteiger charge is 2.29. The molecule has 0 spiro atoms. The number of nitrogens with one attached hydrogen (secondary N) is 1. The van der Waals surface area contributed by atoms with Gasteiger partial charge in [0.1, 0.15) is 25.2 Å². The SMILES string of the molecule is CO[N+](C)(C=O)Cc1cc(-c2c(C)noc2C)cc2[nH]c(C3CC3)nc12. The Morgan fingerprint density at radius 3 is 2.73 bits per heavy atom. The number of fused-ring (bicyclic) bond motifs is 1. The molecule has 1 amide bonds. The Labute approximate surface area is 151 Å². The zero-order valence-corrected chi connectivity index (χ0v) is 15.5. The van der Waals surface area contributed by atoms with Crippen molar-refractivity contribution in [3.05, 3.63) is 35.0 Å². The van der Waals surface area contributed by atoms with Gasteiger partial charge in [0.25, 0.3) is 0 Å². The van der Waals surface area contributed by atoms with Crippen molar-refractivity contribution in [2.24, 2.45) is 0 Å². The first-order chi connectivity index (χ1) is 12.4. The van der Waals surface area contributed by atoms with Crippen LogP contribution >= 0.6 is 0 Å². The first kappa shape index (κ1) is 16.9. The molecule has 1 atom stereocenters. The number of H-pyrrole nitrogens is 1. The van der Waals surface area contributed by atoms with Gasteiger partial charge in [-0.15, -0.1) is 4.65 Å². The van der Waals surface area contributed by atoms with E-state index in [2.05, 4.69) is 22.3 Å². The van der Waals surface area contributed by atoms with Gasteiger partial charge in [0.2, 0.25) is 0 Å². The lowest BCUT2D eigenvalue weighted by Gasteiger charge is -2.22. The van der Waals surface area contributed by atoms with E-state index in [-0.39, 0.29) is 4.65 Å². The first-order valence-electron chi connectivity index (χ1n) is 8.77. The lowest BCUT2D eigenvalue weighted by Crippen LogP contribution is -2.40. The molecule has 26 heavy (non-hydrogen) atoms. The van der Waals surface area contributed by atoms with E-state index in [4.69, 9.17) is 14.3 Å². The molecular weight excluding hydrogens is 332 g/mol. The zero-order chi connectivity index (χ0) is 18.5. The number of rotatable bonds is 6. The van der Waals surface area contributed by atoms with Crippen molar-refractivity contribution < 1.29 is 18.8 Å². The summed E-state index contributed by atoms with van der Waals surface area (Å²) in [7, 11) is 3.26. The Morgan fingerprint density at radius 1 is 1.38 bits per heavy atom. The van der Waals surface area contributed by atoms with Crippen molar-refractivity contribution in [1.82, 2.24) is 15.1 Å². The molecular formula is C19H23N4O3+. The maximum absolute atomic E-state index is 11.5. The van der Waals surface area contributed by atoms with Crippen LogP contribution in [0.5, 0.6) is 0 Å². The van der Waals surface area contributed by atoms with Gasteiger partial charge in [-0.1, -0.05) is 5.16 Å². The molecule has 0 aliphatic heterocycles. The largest absolute Gasteiger partial charge is 0.361 e. The molecule has 1 unspecified atom stereocenters. The summed E-state index contributed by atoms with van der Waals surface area (Å²) in [6, 6.07) is 4.15. The number of aromatic amines is 1. The summed E-state index contributed by atoms with van der Waals surface area (Å²) in [4.78, 5) is 25.2. The van der Waals surface area contributed by atoms with E-state index >= 15 is 0 Å². The zero-order valence-electron chi connectivity index (χ0n) is 15.5. The van der Waals surface area contributed by atoms with Crippen molar-refractivity contribution in [2.75, 3.05) is 14.2 Å². The highest BCUT2D eigenvalue weighted by molar-refractivity contribution is 5.86. The number of carbonyl (C=O) groups is 1. The van der Waals surface area contributed by atoms with Gasteiger partial charge in [-0.2, -0.15) is 4.84 Å². The van der Waals surface area contributed by atoms with E-state index in [0.717, 1.165) is 51.4 Å². The molecule has 7 nitrogen and oxygen atoms in total. The fourth-order valence-corrected chi connectivity index (χ4v) is 3.40. The smallest absolute Gasteiger partial charge is 0.333 e. The predicted molar refractivity (Wildman–Crippen MR) is 96.0 cm³/mol. The number of nitrogens with zero attached hydrogens (tertiary/aromatic N) is 3. The number of amides is 1. The highest BCUT2D eigenvalue weighted by Crippen LogP contribution is 2.40. The summed E-state index contributed by atoms with van der Waals surface area (Å²) in [5, 5.41) is 4.07. The molecule has 1 aliphatic rings. The van der Waals surface area contributed by atoms with Gasteiger partial charge in [-0.05, 0) is 44.4 Å². The fraction of sp³-hybridized carbons (Fsp3) is 0.421. The molecule has 1 N–H and O–H groups in total. The van der Waals surface area contributed by atoms with Gasteiger partial charge < -0.3 is 9.51 Å². The average molecular weight is 355 g/mol. The van der Waals surface area contributed by atoms with Crippen LogP contribution in [-0.4, -0.2) is 40.3 Å². The summed E-state index contributed by atoms with van der Waals surface area (Å²) in [5.74, 6) is 2.32. The van der Waals surface area contributed by atoms with Crippen LogP contribution in [0.4, 0.5) is 0 Å². The Balaban J connectivity index is 1.90. The van der Waals surface area contributed by atoms with Crippen molar-refractivity contribution >= 4 is 17.4 Å². The second-order valence-electron chi connectivity index (χ2n) is 7.25. The average Bonchev–Trinajstić information content (AvgIpc) is 3.30. The number of aryl methyl sites for hydroxylation is 2. The van der Waals surface area contributed by atoms with Gasteiger partial charge in [0.05, 0.1) is 23.8 Å². The predicted octanol–water partition coefficient (Wildman–Crippen LogP) is 3.38. The van der Waals surface area contributed by atoms with E-state index in [0.29, 0.717) is 12.5 Å². The van der Waals surface area contributed by atoms with Gasteiger partial charge in [0, 0.05) is 17.0 Å². The number of quaternary nitrogens is 1. The van der Waals surface area contributed by atoms with Crippen LogP contribution in [0.15, 0.2) is 16.7 Å². The Bertz CT molecular complexity index is 967. The Kier molecular flexibility index (Phi) is 3.93. The number of imidazole rings is 1. The number of carbonyl (C=O) groups excluding carboxylic acids is 1. The quantitative estimate of drug-likeness (QED) is 0.416. The minimum absolute atomic E-state index is 0.175. The Hall–Kier alpha value is -2.51. The summed E-state index contributed by atoms with van der Waals surface area (Å²) in [6.45, 7) is 4.23. The third-order valence-electron chi connectivity index (χ3n) is 5.09. The number of hydroxylamine groups is 3. The van der Waals surface area contributed by atoms with Crippen molar-refractivity contribution in [3.8, 4) is 11.1 Å². The minimum Gasteiger partial charge on any atom is -0.361 e. The standard InChI is InChI=1S/C19H23N4O3/c1-11-17(12(2)26-22-11)14-7-15(9-23(3,10-24)25-4)18-16(8-14)20-19(21-18)13-5-6-13/h7-8,10,13H,5-6,9H2,1-4H3,(H,20,21)/q+1. The van der Waals surface area contributed by atoms with Crippen LogP contribution in [-0.2, 0) is 16.2 Å². The monoisotopic (exact) mass is 355 g/mol. The lowest BCUT2D eigenvalue weighted by molar-refractivity contribution is -1.03. The van der Waals surface area contributed by atoms with Crippen LogP contribution < -0.4 is 0 Å². The molecule has 7 heteroatoms. The molecule has 136 valence electrons. The van der Waals surface area contributed by atoms with Gasteiger partial charge in [-0.3, -0.25) is 0 Å². The maximum Gasteiger partial charge on any atom is 0.333 e. The third-order valence-corrected chi connectivity index (χ3v) is 5.09. The van der Waals surface area contributed by atoms with E-state index in [9.17, 15) is 4.79 Å². The van der Waals surface area contributed by atoms with Crippen LogP contribution in [0.25, 0.3) is 22.2 Å². The molecule has 0 radical (unpaired) electrons. The second-order valence-corrected chi connectivity index (χ2v) is 7.25. The summed E-state index contributed by atoms with van der Waals surface area (Å²) < 4.78 is 5.16. The molecule has 0 bridgehead atoms. The molecule has 0 saturated heterocycles. The van der Waals surface area contributed by atoms with Gasteiger partial charge in [0.15, 0.2) is 0 Å². The van der Waals surface area contributed by atoms with Crippen molar-refractivity contribution in [3.63, 3.8) is 0 Å². The van der Waals surface area contributed by atoms with E-state index < -0.39 is 0 Å². The second kappa shape index (κ2) is 6.03. The van der Waals surface area contributed by atoms with E-state index in [1.807, 2.05) is 13.8 Å². The molecule has 4 rings (SSSR count). The first-order valence-corrected chi connectivity index (χ1v) is 8.77. The normalized spacial score (nSPS) is 16.8. The molecule has 1 fully saturated rings. The van der Waals surface area contributed by atoms with Crippen LogP contribution in [0.2, 0.25) is 0 Å². The van der Waals surface area contributed by atoms with Crippen molar-refractivity contribution in [2.45, 2.75) is 39.2 Å². The third kappa shape index (κ3) is 2.83. The molecule has 2 heterocycles. The highest BCUT2D eigenvalue weighted by atomic mass is 16.7. The number of hydrogen-bond donors (Lipinski definition) is 1. The summed E-state index contributed by atoms with van der Waals surface area (Å²) in [5.41, 5.74) is 5.64. The lowest BCUT2D eigenvalue weighted by atomic mass is 10.00. The number of benzene rings is 1. The van der Waals surface area contributed by atoms with Gasteiger partial charge in [-0.25, -0.2) is 9.78 Å². The molecule has 3 aromatic rings. The topological polar surface area (TPSA) is 81.0 Å². The number of hydrogen-bond acceptors (Lipinski definition) is 5. The van der Waals surface area contributed by atoms with Crippen molar-refractivity contribution in [1.29, 1.82) is 0 Å². The Morgan fingerprint density at radius 2 is 2.15 bits per heavy atom. The molecule has 1 saturated carbocycles. The van der Waals surface area contributed by atoms with Gasteiger partial charge >= 0.3 is 6.41 Å². The summed E-state index contributed by atoms with van der Waals surface area (Å²) >= 11 is 0. The maximum atomic E-state index is 11.5. The van der Waals surface area contributed by atoms with Crippen LogP contribution in [0.3, 0.4) is 0 Å². The molecule has 1 aliphatic carbocycles. The summed E-state index contributed by atoms with van der Waals surface area (Å²) in [6.07, 6.45) is 3.14. The molecule has 2 aromatic heterocycles. The number of aromatic nitrogens is 3.